The monoisotopic (exact) mass is 245 g/mol. The van der Waals surface area contributed by atoms with E-state index in [1.165, 1.54) is 0 Å². The van der Waals surface area contributed by atoms with Gasteiger partial charge in [0.1, 0.15) is 11.6 Å². The first kappa shape index (κ1) is 12.3. The van der Waals surface area contributed by atoms with Crippen LogP contribution in [0.15, 0.2) is 24.3 Å². The van der Waals surface area contributed by atoms with E-state index in [-0.39, 0.29) is 6.54 Å². The number of para-hydroxylation sites is 1. The number of nitrogens with zero attached hydrogens (tertiary/aromatic N) is 2. The lowest BCUT2D eigenvalue weighted by Gasteiger charge is -2.09. The first-order valence-corrected chi connectivity index (χ1v) is 5.63. The third-order valence-electron chi connectivity index (χ3n) is 2.41. The van der Waals surface area contributed by atoms with Crippen molar-refractivity contribution in [2.24, 2.45) is 5.73 Å². The predicted octanol–water partition coefficient (Wildman–Crippen LogP) is 0.246. The van der Waals surface area contributed by atoms with Gasteiger partial charge in [0.15, 0.2) is 0 Å². The molecule has 0 aliphatic heterocycles. The van der Waals surface area contributed by atoms with Gasteiger partial charge in [0.05, 0.1) is 18.6 Å². The molecule has 94 valence electrons. The molecule has 0 atom stereocenters. The maximum absolute atomic E-state index is 10.8. The Labute approximate surface area is 105 Å². The molecule has 2 aromatic rings. The van der Waals surface area contributed by atoms with Gasteiger partial charge < -0.3 is 16.4 Å². The van der Waals surface area contributed by atoms with Crippen LogP contribution in [-0.2, 0) is 11.3 Å². The van der Waals surface area contributed by atoms with Crippen molar-refractivity contribution < 1.29 is 4.79 Å². The maximum Gasteiger partial charge on any atom is 0.236 e. The van der Waals surface area contributed by atoms with E-state index >= 15 is 0 Å². The number of aromatic nitrogens is 2. The summed E-state index contributed by atoms with van der Waals surface area (Å²) in [4.78, 5) is 19.6. The van der Waals surface area contributed by atoms with Gasteiger partial charge >= 0.3 is 0 Å². The standard InChI is InChI=1S/C12H15N5O/c1-14-7-11-16-9-5-3-2-4-8(9)12(17-11)15-6-10(13)18/h2-5,14H,6-7H2,1H3,(H2,13,18)(H,15,16,17). The van der Waals surface area contributed by atoms with Crippen molar-refractivity contribution >= 4 is 22.6 Å². The molecule has 0 saturated carbocycles. The first-order valence-electron chi connectivity index (χ1n) is 5.63. The molecule has 2 rings (SSSR count). The van der Waals surface area contributed by atoms with Crippen molar-refractivity contribution in [3.63, 3.8) is 0 Å². The van der Waals surface area contributed by atoms with Crippen molar-refractivity contribution in [1.82, 2.24) is 15.3 Å². The Kier molecular flexibility index (Phi) is 3.69. The fraction of sp³-hybridized carbons (Fsp3) is 0.250. The SMILES string of the molecule is CNCc1nc(NCC(N)=O)c2ccccc2n1. The molecule has 0 saturated heterocycles. The highest BCUT2D eigenvalue weighted by Gasteiger charge is 2.07. The number of fused-ring (bicyclic) bond motifs is 1. The average molecular weight is 245 g/mol. The fourth-order valence-electron chi connectivity index (χ4n) is 1.67. The van der Waals surface area contributed by atoms with Gasteiger partial charge in [-0.25, -0.2) is 9.97 Å². The maximum atomic E-state index is 10.8. The Morgan fingerprint density at radius 3 is 2.83 bits per heavy atom. The van der Waals surface area contributed by atoms with E-state index in [0.717, 1.165) is 10.9 Å². The summed E-state index contributed by atoms with van der Waals surface area (Å²) in [6.07, 6.45) is 0. The van der Waals surface area contributed by atoms with E-state index in [2.05, 4.69) is 20.6 Å². The van der Waals surface area contributed by atoms with E-state index in [1.54, 1.807) is 0 Å². The number of amides is 1. The molecule has 6 nitrogen and oxygen atoms in total. The molecule has 1 heterocycles. The second-order valence-corrected chi connectivity index (χ2v) is 3.86. The molecule has 0 aliphatic rings. The number of benzene rings is 1. The summed E-state index contributed by atoms with van der Waals surface area (Å²) in [5.74, 6) is 0.876. The first-order chi connectivity index (χ1) is 8.70. The summed E-state index contributed by atoms with van der Waals surface area (Å²) in [6, 6.07) is 7.63. The quantitative estimate of drug-likeness (QED) is 0.702. The van der Waals surface area contributed by atoms with Crippen LogP contribution in [0.4, 0.5) is 5.82 Å². The van der Waals surface area contributed by atoms with Crippen LogP contribution in [0.25, 0.3) is 10.9 Å². The Bertz CT molecular complexity index is 569. The van der Waals surface area contributed by atoms with Crippen LogP contribution in [0.5, 0.6) is 0 Å². The summed E-state index contributed by atoms with van der Waals surface area (Å²) in [6.45, 7) is 0.621. The van der Waals surface area contributed by atoms with Gasteiger partial charge in [-0.2, -0.15) is 0 Å². The predicted molar refractivity (Wildman–Crippen MR) is 70.0 cm³/mol. The van der Waals surface area contributed by atoms with E-state index < -0.39 is 5.91 Å². The van der Waals surface area contributed by atoms with Crippen LogP contribution in [0.2, 0.25) is 0 Å². The lowest BCUT2D eigenvalue weighted by Crippen LogP contribution is -2.23. The van der Waals surface area contributed by atoms with Crippen LogP contribution >= 0.6 is 0 Å². The second-order valence-electron chi connectivity index (χ2n) is 3.86. The van der Waals surface area contributed by atoms with Crippen molar-refractivity contribution in [2.75, 3.05) is 18.9 Å². The van der Waals surface area contributed by atoms with E-state index in [1.807, 2.05) is 31.3 Å². The molecule has 4 N–H and O–H groups in total. The molecule has 6 heteroatoms. The van der Waals surface area contributed by atoms with E-state index in [4.69, 9.17) is 5.73 Å². The summed E-state index contributed by atoms with van der Waals surface area (Å²) in [7, 11) is 1.83. The van der Waals surface area contributed by atoms with Crippen LogP contribution in [0, 0.1) is 0 Å². The van der Waals surface area contributed by atoms with Crippen molar-refractivity contribution in [2.45, 2.75) is 6.54 Å². The fourth-order valence-corrected chi connectivity index (χ4v) is 1.67. The molecule has 0 aliphatic carbocycles. The highest BCUT2D eigenvalue weighted by atomic mass is 16.1. The van der Waals surface area contributed by atoms with Crippen LogP contribution in [0.1, 0.15) is 5.82 Å². The number of carbonyl (C=O) groups excluding carboxylic acids is 1. The van der Waals surface area contributed by atoms with Gasteiger partial charge in [0, 0.05) is 5.39 Å². The summed E-state index contributed by atoms with van der Waals surface area (Å²) >= 11 is 0. The van der Waals surface area contributed by atoms with Gasteiger partial charge in [0.25, 0.3) is 0 Å². The number of hydrogen-bond donors (Lipinski definition) is 3. The summed E-state index contributed by atoms with van der Waals surface area (Å²) in [5, 5.41) is 6.80. The van der Waals surface area contributed by atoms with Gasteiger partial charge in [0.2, 0.25) is 5.91 Å². The van der Waals surface area contributed by atoms with Crippen LogP contribution in [0.3, 0.4) is 0 Å². The van der Waals surface area contributed by atoms with Gasteiger partial charge in [-0.05, 0) is 19.2 Å². The zero-order valence-corrected chi connectivity index (χ0v) is 10.1. The topological polar surface area (TPSA) is 92.9 Å². The number of nitrogens with two attached hydrogens (primary N) is 1. The van der Waals surface area contributed by atoms with Crippen molar-refractivity contribution in [3.05, 3.63) is 30.1 Å². The third-order valence-corrected chi connectivity index (χ3v) is 2.41. The Balaban J connectivity index is 2.43. The number of carbonyl (C=O) groups is 1. The van der Waals surface area contributed by atoms with Crippen molar-refractivity contribution in [1.29, 1.82) is 0 Å². The largest absolute Gasteiger partial charge is 0.368 e. The van der Waals surface area contributed by atoms with Crippen LogP contribution in [-0.4, -0.2) is 29.5 Å². The average Bonchev–Trinajstić information content (AvgIpc) is 2.36. The number of primary amides is 1. The minimum Gasteiger partial charge on any atom is -0.368 e. The molecule has 0 bridgehead atoms. The summed E-state index contributed by atoms with van der Waals surface area (Å²) < 4.78 is 0. The summed E-state index contributed by atoms with van der Waals surface area (Å²) in [5.41, 5.74) is 5.96. The van der Waals surface area contributed by atoms with Crippen molar-refractivity contribution in [3.8, 4) is 0 Å². The molecule has 1 aromatic carbocycles. The normalized spacial score (nSPS) is 10.5. The van der Waals surface area contributed by atoms with E-state index in [0.29, 0.717) is 18.2 Å². The molecule has 1 amide bonds. The van der Waals surface area contributed by atoms with E-state index in [9.17, 15) is 4.79 Å². The lowest BCUT2D eigenvalue weighted by molar-refractivity contribution is -0.116. The molecule has 0 unspecified atom stereocenters. The molecule has 1 aromatic heterocycles. The molecule has 18 heavy (non-hydrogen) atoms. The smallest absolute Gasteiger partial charge is 0.236 e. The number of rotatable bonds is 5. The zero-order valence-electron chi connectivity index (χ0n) is 10.1. The molecular weight excluding hydrogens is 230 g/mol. The molecule has 0 fully saturated rings. The Morgan fingerprint density at radius 2 is 2.11 bits per heavy atom. The minimum atomic E-state index is -0.423. The highest BCUT2D eigenvalue weighted by molar-refractivity contribution is 5.90. The Hall–Kier alpha value is -2.21. The molecule has 0 radical (unpaired) electrons. The number of hydrogen-bond acceptors (Lipinski definition) is 5. The number of anilines is 1. The van der Waals surface area contributed by atoms with Gasteiger partial charge in [-0.3, -0.25) is 4.79 Å². The zero-order chi connectivity index (χ0) is 13.0. The molecule has 0 spiro atoms. The second kappa shape index (κ2) is 5.42. The highest BCUT2D eigenvalue weighted by Crippen LogP contribution is 2.19. The number of nitrogens with one attached hydrogen (secondary N) is 2. The lowest BCUT2D eigenvalue weighted by atomic mass is 10.2. The van der Waals surface area contributed by atoms with Gasteiger partial charge in [-0.1, -0.05) is 12.1 Å². The third kappa shape index (κ3) is 2.72. The molecular formula is C12H15N5O. The van der Waals surface area contributed by atoms with Gasteiger partial charge in [-0.15, -0.1) is 0 Å². The van der Waals surface area contributed by atoms with Crippen LogP contribution < -0.4 is 16.4 Å². The Morgan fingerprint density at radius 1 is 1.33 bits per heavy atom. The minimum absolute atomic E-state index is 0.0556.